The van der Waals surface area contributed by atoms with Crippen molar-refractivity contribution in [2.24, 2.45) is 0 Å². The van der Waals surface area contributed by atoms with E-state index in [-0.39, 0.29) is 17.6 Å². The molecule has 2 N–H and O–H groups in total. The number of piperidine rings is 1. The van der Waals surface area contributed by atoms with E-state index in [2.05, 4.69) is 24.0 Å². The summed E-state index contributed by atoms with van der Waals surface area (Å²) < 4.78 is 13.7. The zero-order chi connectivity index (χ0) is 26.3. The lowest BCUT2D eigenvalue weighted by Gasteiger charge is -2.26. The standard InChI is InChI=1S/C32H37NO4S/c1-2-3-20-37-31(23-9-14-27(15-10-23)36-21-19-33-17-5-4-6-18-33)30-28-16-13-26(35)22-29(28)38-32(30)24-7-11-25(34)12-8-24/h7-16,22,31,34-35H,2-6,17-21H2,1H3. The Morgan fingerprint density at radius 1 is 0.868 bits per heavy atom. The highest BCUT2D eigenvalue weighted by Gasteiger charge is 2.25. The van der Waals surface area contributed by atoms with Gasteiger partial charge in [-0.05, 0) is 103 Å². The zero-order valence-electron chi connectivity index (χ0n) is 22.1. The number of ether oxygens (including phenoxy) is 2. The molecule has 200 valence electrons. The molecule has 5 nitrogen and oxygen atoms in total. The fourth-order valence-electron chi connectivity index (χ4n) is 5.10. The van der Waals surface area contributed by atoms with Crippen molar-refractivity contribution in [1.29, 1.82) is 0 Å². The quantitative estimate of drug-likeness (QED) is 0.194. The topological polar surface area (TPSA) is 62.2 Å². The third-order valence-corrected chi connectivity index (χ3v) is 8.41. The van der Waals surface area contributed by atoms with Gasteiger partial charge in [0.25, 0.3) is 0 Å². The Balaban J connectivity index is 1.45. The van der Waals surface area contributed by atoms with Crippen LogP contribution in [0.2, 0.25) is 0 Å². The van der Waals surface area contributed by atoms with Crippen LogP contribution in [0.25, 0.3) is 20.5 Å². The predicted molar refractivity (Wildman–Crippen MR) is 156 cm³/mol. The molecule has 1 unspecified atom stereocenters. The van der Waals surface area contributed by atoms with Crippen LogP contribution in [0, 0.1) is 0 Å². The maximum Gasteiger partial charge on any atom is 0.119 e. The van der Waals surface area contributed by atoms with Crippen LogP contribution in [0.4, 0.5) is 0 Å². The van der Waals surface area contributed by atoms with Gasteiger partial charge in [0.05, 0.1) is 0 Å². The zero-order valence-corrected chi connectivity index (χ0v) is 22.9. The van der Waals surface area contributed by atoms with E-state index in [4.69, 9.17) is 9.47 Å². The van der Waals surface area contributed by atoms with Crippen molar-refractivity contribution < 1.29 is 19.7 Å². The summed E-state index contributed by atoms with van der Waals surface area (Å²) in [6.07, 6.45) is 5.68. The number of hydrogen-bond donors (Lipinski definition) is 2. The van der Waals surface area contributed by atoms with Crippen molar-refractivity contribution in [3.63, 3.8) is 0 Å². The molecule has 1 aliphatic rings. The molecule has 0 spiro atoms. The summed E-state index contributed by atoms with van der Waals surface area (Å²) in [4.78, 5) is 3.56. The molecule has 1 aliphatic heterocycles. The average molecular weight is 532 g/mol. The van der Waals surface area contributed by atoms with Gasteiger partial charge in [0.2, 0.25) is 0 Å². The van der Waals surface area contributed by atoms with Crippen LogP contribution < -0.4 is 4.74 Å². The molecule has 0 saturated carbocycles. The lowest BCUT2D eigenvalue weighted by atomic mass is 9.95. The molecule has 38 heavy (non-hydrogen) atoms. The molecular formula is C32H37NO4S. The Labute approximate surface area is 229 Å². The smallest absolute Gasteiger partial charge is 0.119 e. The Bertz CT molecular complexity index is 1310. The summed E-state index contributed by atoms with van der Waals surface area (Å²) in [5, 5.41) is 21.1. The number of phenolic OH excluding ortho intramolecular Hbond substituents is 2. The molecule has 6 heteroatoms. The highest BCUT2D eigenvalue weighted by Crippen LogP contribution is 2.46. The molecule has 0 amide bonds. The number of nitrogens with zero attached hydrogens (tertiary/aromatic N) is 1. The van der Waals surface area contributed by atoms with Crippen LogP contribution in [0.3, 0.4) is 0 Å². The molecule has 0 radical (unpaired) electrons. The Kier molecular flexibility index (Phi) is 8.84. The van der Waals surface area contributed by atoms with Gasteiger partial charge in [0.15, 0.2) is 0 Å². The summed E-state index contributed by atoms with van der Waals surface area (Å²) in [5.74, 6) is 1.36. The SMILES string of the molecule is CCCCOC(c1ccc(OCCN2CCCCC2)cc1)c1c(-c2ccc(O)cc2)sc2cc(O)ccc12. The normalized spacial score (nSPS) is 15.1. The van der Waals surface area contributed by atoms with Crippen molar-refractivity contribution in [3.8, 4) is 27.7 Å². The van der Waals surface area contributed by atoms with Gasteiger partial charge in [-0.25, -0.2) is 0 Å². The molecule has 0 bridgehead atoms. The third-order valence-electron chi connectivity index (χ3n) is 7.19. The van der Waals surface area contributed by atoms with Crippen molar-refractivity contribution in [1.82, 2.24) is 4.90 Å². The lowest BCUT2D eigenvalue weighted by molar-refractivity contribution is 0.0792. The first-order valence-corrected chi connectivity index (χ1v) is 14.6. The van der Waals surface area contributed by atoms with E-state index in [0.717, 1.165) is 56.8 Å². The molecule has 3 aromatic carbocycles. The highest BCUT2D eigenvalue weighted by molar-refractivity contribution is 7.22. The summed E-state index contributed by atoms with van der Waals surface area (Å²) in [7, 11) is 0. The van der Waals surface area contributed by atoms with Crippen LogP contribution in [-0.2, 0) is 4.74 Å². The molecule has 5 rings (SSSR count). The van der Waals surface area contributed by atoms with Gasteiger partial charge < -0.3 is 19.7 Å². The monoisotopic (exact) mass is 531 g/mol. The number of rotatable bonds is 11. The van der Waals surface area contributed by atoms with Gasteiger partial charge in [0, 0.05) is 28.3 Å². The van der Waals surface area contributed by atoms with Gasteiger partial charge in [-0.15, -0.1) is 11.3 Å². The van der Waals surface area contributed by atoms with E-state index in [1.165, 1.54) is 32.4 Å². The Morgan fingerprint density at radius 3 is 2.34 bits per heavy atom. The molecule has 1 fully saturated rings. The van der Waals surface area contributed by atoms with E-state index in [0.29, 0.717) is 13.2 Å². The lowest BCUT2D eigenvalue weighted by Crippen LogP contribution is -2.33. The molecule has 2 heterocycles. The largest absolute Gasteiger partial charge is 0.508 e. The fourth-order valence-corrected chi connectivity index (χ4v) is 6.37. The van der Waals surface area contributed by atoms with Gasteiger partial charge in [0.1, 0.15) is 30.0 Å². The summed E-state index contributed by atoms with van der Waals surface area (Å²) >= 11 is 1.64. The predicted octanol–water partition coefficient (Wildman–Crippen LogP) is 7.75. The van der Waals surface area contributed by atoms with E-state index in [1.54, 1.807) is 29.5 Å². The number of unbranched alkanes of at least 4 members (excludes halogenated alkanes) is 1. The van der Waals surface area contributed by atoms with Crippen molar-refractivity contribution in [3.05, 3.63) is 77.9 Å². The van der Waals surface area contributed by atoms with Crippen molar-refractivity contribution >= 4 is 21.4 Å². The first-order chi connectivity index (χ1) is 18.6. The minimum absolute atomic E-state index is 0.237. The Hall–Kier alpha value is -3.06. The second-order valence-corrected chi connectivity index (χ2v) is 11.0. The van der Waals surface area contributed by atoms with Crippen LogP contribution in [-0.4, -0.2) is 48.0 Å². The number of aromatic hydroxyl groups is 2. The van der Waals surface area contributed by atoms with Gasteiger partial charge in [-0.1, -0.05) is 31.9 Å². The maximum atomic E-state index is 10.2. The van der Waals surface area contributed by atoms with Gasteiger partial charge >= 0.3 is 0 Å². The van der Waals surface area contributed by atoms with Crippen molar-refractivity contribution in [2.75, 3.05) is 32.8 Å². The first kappa shape index (κ1) is 26.5. The third kappa shape index (κ3) is 6.32. The fraction of sp³-hybridized carbons (Fsp3) is 0.375. The van der Waals surface area contributed by atoms with Gasteiger partial charge in [-0.3, -0.25) is 4.90 Å². The van der Waals surface area contributed by atoms with E-state index < -0.39 is 0 Å². The second kappa shape index (κ2) is 12.7. The molecular weight excluding hydrogens is 494 g/mol. The summed E-state index contributed by atoms with van der Waals surface area (Å²) in [5.41, 5.74) is 3.17. The minimum Gasteiger partial charge on any atom is -0.508 e. The Morgan fingerprint density at radius 2 is 1.61 bits per heavy atom. The second-order valence-electron chi connectivity index (χ2n) is 10.00. The van der Waals surface area contributed by atoms with Gasteiger partial charge in [-0.2, -0.15) is 0 Å². The van der Waals surface area contributed by atoms with Crippen LogP contribution in [0.15, 0.2) is 66.7 Å². The number of likely N-dealkylation sites (tertiary alicyclic amines) is 1. The summed E-state index contributed by atoms with van der Waals surface area (Å²) in [6, 6.07) is 21.1. The maximum absolute atomic E-state index is 10.2. The highest BCUT2D eigenvalue weighted by atomic mass is 32.1. The number of phenols is 2. The molecule has 1 aromatic heterocycles. The number of fused-ring (bicyclic) bond motifs is 1. The van der Waals surface area contributed by atoms with E-state index in [9.17, 15) is 10.2 Å². The average Bonchev–Trinajstić information content (AvgIpc) is 3.31. The van der Waals surface area contributed by atoms with E-state index >= 15 is 0 Å². The minimum atomic E-state index is -0.272. The molecule has 1 saturated heterocycles. The first-order valence-electron chi connectivity index (χ1n) is 13.7. The molecule has 4 aromatic rings. The number of benzene rings is 3. The molecule has 1 atom stereocenters. The number of hydrogen-bond acceptors (Lipinski definition) is 6. The molecule has 0 aliphatic carbocycles. The van der Waals surface area contributed by atoms with Crippen molar-refractivity contribution in [2.45, 2.75) is 45.1 Å². The van der Waals surface area contributed by atoms with Crippen LogP contribution in [0.1, 0.15) is 56.3 Å². The number of thiophene rings is 1. The van der Waals surface area contributed by atoms with E-state index in [1.807, 2.05) is 36.4 Å². The van der Waals surface area contributed by atoms with Crippen LogP contribution in [0.5, 0.6) is 17.2 Å². The summed E-state index contributed by atoms with van der Waals surface area (Å²) in [6.45, 7) is 6.83. The van der Waals surface area contributed by atoms with Crippen LogP contribution >= 0.6 is 11.3 Å².